The Bertz CT molecular complexity index is 292. The van der Waals surface area contributed by atoms with Crippen molar-refractivity contribution in [3.63, 3.8) is 0 Å². The Morgan fingerprint density at radius 1 is 1.41 bits per heavy atom. The van der Waals surface area contributed by atoms with Crippen LogP contribution in [0.2, 0.25) is 0 Å². The van der Waals surface area contributed by atoms with Crippen molar-refractivity contribution in [2.45, 2.75) is 44.1 Å². The molecule has 2 fully saturated rings. The minimum Gasteiger partial charge on any atom is -0.306 e. The summed E-state index contributed by atoms with van der Waals surface area (Å²) in [6.45, 7) is 2.40. The Labute approximate surface area is 105 Å². The summed E-state index contributed by atoms with van der Waals surface area (Å²) in [5, 5.41) is 12.7. The monoisotopic (exact) mass is 235 g/mol. The van der Waals surface area contributed by atoms with E-state index in [0.29, 0.717) is 5.92 Å². The summed E-state index contributed by atoms with van der Waals surface area (Å²) in [7, 11) is 4.16. The summed E-state index contributed by atoms with van der Waals surface area (Å²) in [6.07, 6.45) is 7.45. The number of nitrogens with zero attached hydrogens (tertiary/aromatic N) is 2. The molecular formula is C14H25N3. The molecule has 0 aliphatic heterocycles. The lowest BCUT2D eigenvalue weighted by molar-refractivity contribution is 0.251. The zero-order valence-corrected chi connectivity index (χ0v) is 11.2. The molecule has 0 aromatic heterocycles. The molecule has 0 amide bonds. The van der Waals surface area contributed by atoms with Crippen LogP contribution in [-0.4, -0.2) is 37.6 Å². The van der Waals surface area contributed by atoms with Gasteiger partial charge in [0.05, 0.1) is 6.07 Å². The first-order valence-corrected chi connectivity index (χ1v) is 6.99. The van der Waals surface area contributed by atoms with Crippen molar-refractivity contribution in [1.29, 1.82) is 5.26 Å². The van der Waals surface area contributed by atoms with Crippen LogP contribution in [0, 0.1) is 23.2 Å². The van der Waals surface area contributed by atoms with Gasteiger partial charge in [-0.2, -0.15) is 5.26 Å². The lowest BCUT2D eigenvalue weighted by atomic mass is 9.86. The molecule has 0 heterocycles. The molecule has 2 rings (SSSR count). The predicted octanol–water partition coefficient (Wildman–Crippen LogP) is 2.00. The highest BCUT2D eigenvalue weighted by Gasteiger charge is 2.41. The van der Waals surface area contributed by atoms with Crippen molar-refractivity contribution in [2.75, 3.05) is 27.2 Å². The van der Waals surface area contributed by atoms with Gasteiger partial charge in [-0.05, 0) is 64.6 Å². The van der Waals surface area contributed by atoms with Crippen LogP contribution in [0.5, 0.6) is 0 Å². The second-order valence-electron chi connectivity index (χ2n) is 5.92. The molecule has 0 bridgehead atoms. The second-order valence-corrected chi connectivity index (χ2v) is 5.92. The normalized spacial score (nSPS) is 32.9. The van der Waals surface area contributed by atoms with E-state index in [-0.39, 0.29) is 5.54 Å². The molecule has 3 nitrogen and oxygen atoms in total. The van der Waals surface area contributed by atoms with Crippen LogP contribution < -0.4 is 5.32 Å². The van der Waals surface area contributed by atoms with Gasteiger partial charge < -0.3 is 10.2 Å². The fourth-order valence-corrected chi connectivity index (χ4v) is 3.21. The Morgan fingerprint density at radius 2 is 2.18 bits per heavy atom. The quantitative estimate of drug-likeness (QED) is 0.765. The molecule has 0 radical (unpaired) electrons. The molecule has 0 saturated heterocycles. The van der Waals surface area contributed by atoms with E-state index in [0.717, 1.165) is 25.3 Å². The molecule has 3 heteroatoms. The first kappa shape index (κ1) is 12.9. The first-order valence-electron chi connectivity index (χ1n) is 6.99. The van der Waals surface area contributed by atoms with E-state index >= 15 is 0 Å². The Kier molecular flexibility index (Phi) is 4.06. The average Bonchev–Trinajstić information content (AvgIpc) is 3.05. The topological polar surface area (TPSA) is 39.1 Å². The lowest BCUT2D eigenvalue weighted by Crippen LogP contribution is -2.45. The van der Waals surface area contributed by atoms with E-state index in [2.05, 4.69) is 23.3 Å². The first-order chi connectivity index (χ1) is 8.20. The average molecular weight is 235 g/mol. The minimum atomic E-state index is -0.236. The van der Waals surface area contributed by atoms with Gasteiger partial charge in [0.2, 0.25) is 0 Å². The van der Waals surface area contributed by atoms with Crippen molar-refractivity contribution in [3.8, 4) is 6.07 Å². The van der Waals surface area contributed by atoms with Crippen molar-refractivity contribution in [1.82, 2.24) is 10.2 Å². The number of hydrogen-bond acceptors (Lipinski definition) is 3. The number of nitrogens with one attached hydrogen (secondary N) is 1. The maximum Gasteiger partial charge on any atom is 0.109 e. The summed E-state index contributed by atoms with van der Waals surface area (Å²) in [4.78, 5) is 2.45. The Morgan fingerprint density at radius 3 is 2.76 bits per heavy atom. The highest BCUT2D eigenvalue weighted by molar-refractivity contribution is 5.13. The van der Waals surface area contributed by atoms with E-state index < -0.39 is 0 Å². The van der Waals surface area contributed by atoms with Gasteiger partial charge in [0.1, 0.15) is 5.54 Å². The zero-order valence-electron chi connectivity index (χ0n) is 11.2. The van der Waals surface area contributed by atoms with E-state index in [9.17, 15) is 5.26 Å². The molecule has 2 aliphatic carbocycles. The molecule has 17 heavy (non-hydrogen) atoms. The zero-order chi connectivity index (χ0) is 12.3. The van der Waals surface area contributed by atoms with Crippen LogP contribution in [-0.2, 0) is 0 Å². The van der Waals surface area contributed by atoms with Crippen LogP contribution in [0.3, 0.4) is 0 Å². The second kappa shape index (κ2) is 5.37. The van der Waals surface area contributed by atoms with Crippen LogP contribution in [0.15, 0.2) is 0 Å². The summed E-state index contributed by atoms with van der Waals surface area (Å²) in [6, 6.07) is 2.52. The molecule has 1 N–H and O–H groups in total. The predicted molar refractivity (Wildman–Crippen MR) is 69.6 cm³/mol. The van der Waals surface area contributed by atoms with E-state index in [1.165, 1.54) is 32.2 Å². The van der Waals surface area contributed by atoms with Gasteiger partial charge in [-0.25, -0.2) is 0 Å². The third-order valence-electron chi connectivity index (χ3n) is 4.59. The third-order valence-corrected chi connectivity index (χ3v) is 4.59. The third kappa shape index (κ3) is 3.00. The molecule has 0 aromatic carbocycles. The molecule has 2 aliphatic rings. The summed E-state index contributed by atoms with van der Waals surface area (Å²) in [5.41, 5.74) is -0.236. The van der Waals surface area contributed by atoms with Crippen LogP contribution in [0.1, 0.15) is 38.5 Å². The summed E-state index contributed by atoms with van der Waals surface area (Å²) >= 11 is 0. The van der Waals surface area contributed by atoms with Gasteiger partial charge >= 0.3 is 0 Å². The highest BCUT2D eigenvalue weighted by Crippen LogP contribution is 2.37. The van der Waals surface area contributed by atoms with Crippen molar-refractivity contribution in [2.24, 2.45) is 11.8 Å². The van der Waals surface area contributed by atoms with Crippen LogP contribution in [0.25, 0.3) is 0 Å². The molecular weight excluding hydrogens is 210 g/mol. The van der Waals surface area contributed by atoms with Gasteiger partial charge in [-0.3, -0.25) is 0 Å². The maximum absolute atomic E-state index is 9.38. The van der Waals surface area contributed by atoms with E-state index in [4.69, 9.17) is 0 Å². The molecule has 2 unspecified atom stereocenters. The van der Waals surface area contributed by atoms with Crippen molar-refractivity contribution >= 4 is 0 Å². The highest BCUT2D eigenvalue weighted by atomic mass is 15.1. The Balaban J connectivity index is 1.79. The van der Waals surface area contributed by atoms with E-state index in [1.54, 1.807) is 0 Å². The van der Waals surface area contributed by atoms with Gasteiger partial charge in [-0.1, -0.05) is 6.42 Å². The van der Waals surface area contributed by atoms with Gasteiger partial charge in [0.25, 0.3) is 0 Å². The maximum atomic E-state index is 9.38. The number of nitriles is 1. The van der Waals surface area contributed by atoms with Crippen LogP contribution in [0.4, 0.5) is 0 Å². The molecule has 0 aromatic rings. The number of rotatable bonds is 6. The van der Waals surface area contributed by atoms with Gasteiger partial charge in [0, 0.05) is 6.54 Å². The van der Waals surface area contributed by atoms with Crippen molar-refractivity contribution < 1.29 is 0 Å². The van der Waals surface area contributed by atoms with Crippen molar-refractivity contribution in [3.05, 3.63) is 0 Å². The Hall–Kier alpha value is -0.590. The summed E-state index contributed by atoms with van der Waals surface area (Å²) in [5.74, 6) is 1.51. The standard InChI is InChI=1S/C14H25N3/c1-16-14(11-15)8-3-4-13(14)7-9-17(2)10-12-5-6-12/h12-13,16H,3-10H2,1-2H3. The van der Waals surface area contributed by atoms with Crippen LogP contribution >= 0.6 is 0 Å². The van der Waals surface area contributed by atoms with Gasteiger partial charge in [0.15, 0.2) is 0 Å². The van der Waals surface area contributed by atoms with E-state index in [1.807, 2.05) is 7.05 Å². The fourth-order valence-electron chi connectivity index (χ4n) is 3.21. The SMILES string of the molecule is CNC1(C#N)CCCC1CCN(C)CC1CC1. The smallest absolute Gasteiger partial charge is 0.109 e. The lowest BCUT2D eigenvalue weighted by Gasteiger charge is -2.29. The molecule has 96 valence electrons. The van der Waals surface area contributed by atoms with Gasteiger partial charge in [-0.15, -0.1) is 0 Å². The fraction of sp³-hybridized carbons (Fsp3) is 0.929. The largest absolute Gasteiger partial charge is 0.306 e. The number of hydrogen-bond donors (Lipinski definition) is 1. The molecule has 0 spiro atoms. The molecule has 2 saturated carbocycles. The summed E-state index contributed by atoms with van der Waals surface area (Å²) < 4.78 is 0. The minimum absolute atomic E-state index is 0.236. The molecule has 2 atom stereocenters.